The van der Waals surface area contributed by atoms with Gasteiger partial charge in [-0.15, -0.1) is 0 Å². The molecular weight excluding hydrogens is 359 g/mol. The van der Waals surface area contributed by atoms with E-state index in [1.54, 1.807) is 23.0 Å². The number of nitrogens with one attached hydrogen (secondary N) is 1. The lowest BCUT2D eigenvalue weighted by atomic mass is 10.1. The Hall–Kier alpha value is -2.58. The molecule has 7 nitrogen and oxygen atoms in total. The predicted molar refractivity (Wildman–Crippen MR) is 105 cm³/mol. The molecule has 0 amide bonds. The molecule has 1 atom stereocenters. The maximum atomic E-state index is 13.6. The van der Waals surface area contributed by atoms with Gasteiger partial charge < -0.3 is 15.3 Å². The van der Waals surface area contributed by atoms with Gasteiger partial charge in [-0.05, 0) is 44.4 Å². The first-order chi connectivity index (χ1) is 13.5. The first-order valence-corrected chi connectivity index (χ1v) is 9.53. The van der Waals surface area contributed by atoms with Gasteiger partial charge in [0.2, 0.25) is 0 Å². The summed E-state index contributed by atoms with van der Waals surface area (Å²) in [6.45, 7) is 5.36. The SMILES string of the molecule is CC(C)(CO)NCc1cnn2ccc(N3CCCC3c3cncc(F)c3)nc12. The highest BCUT2D eigenvalue weighted by Gasteiger charge is 2.28. The highest BCUT2D eigenvalue weighted by Crippen LogP contribution is 2.35. The molecular formula is C20H25FN6O. The van der Waals surface area contributed by atoms with E-state index in [-0.39, 0.29) is 24.0 Å². The molecule has 3 aromatic heterocycles. The maximum Gasteiger partial charge on any atom is 0.161 e. The monoisotopic (exact) mass is 384 g/mol. The fourth-order valence-electron chi connectivity index (χ4n) is 3.58. The number of aliphatic hydroxyl groups excluding tert-OH is 1. The Labute approximate surface area is 163 Å². The minimum absolute atomic E-state index is 0.0437. The highest BCUT2D eigenvalue weighted by molar-refractivity contribution is 5.54. The summed E-state index contributed by atoms with van der Waals surface area (Å²) in [5.41, 5.74) is 2.24. The van der Waals surface area contributed by atoms with Gasteiger partial charge in [0.05, 0.1) is 25.0 Å². The summed E-state index contributed by atoms with van der Waals surface area (Å²) < 4.78 is 15.4. The number of hydrogen-bond acceptors (Lipinski definition) is 6. The number of hydrogen-bond donors (Lipinski definition) is 2. The number of pyridine rings is 1. The lowest BCUT2D eigenvalue weighted by Gasteiger charge is -2.26. The standard InChI is InChI=1S/C20H25FN6O/c1-20(2,13-28)23-10-15-11-24-27-7-5-18(25-19(15)27)26-6-3-4-17(26)14-8-16(21)12-22-9-14/h5,7-9,11-12,17,23,28H,3-4,6,10,13H2,1-2H3. The number of fused-ring (bicyclic) bond motifs is 1. The van der Waals surface area contributed by atoms with Crippen LogP contribution in [-0.2, 0) is 6.54 Å². The van der Waals surface area contributed by atoms with Gasteiger partial charge in [-0.2, -0.15) is 5.10 Å². The molecule has 0 saturated carbocycles. The van der Waals surface area contributed by atoms with E-state index >= 15 is 0 Å². The summed E-state index contributed by atoms with van der Waals surface area (Å²) in [4.78, 5) is 11.1. The lowest BCUT2D eigenvalue weighted by Crippen LogP contribution is -2.42. The van der Waals surface area contributed by atoms with Gasteiger partial charge in [0.1, 0.15) is 11.6 Å². The van der Waals surface area contributed by atoms with Gasteiger partial charge in [0.15, 0.2) is 5.65 Å². The molecule has 1 fully saturated rings. The van der Waals surface area contributed by atoms with Gasteiger partial charge in [-0.3, -0.25) is 4.98 Å². The van der Waals surface area contributed by atoms with Crippen molar-refractivity contribution >= 4 is 11.5 Å². The van der Waals surface area contributed by atoms with E-state index < -0.39 is 0 Å². The molecule has 0 spiro atoms. The minimum atomic E-state index is -0.379. The molecule has 3 aromatic rings. The quantitative estimate of drug-likeness (QED) is 0.680. The third-order valence-electron chi connectivity index (χ3n) is 5.24. The summed E-state index contributed by atoms with van der Waals surface area (Å²) in [5, 5.41) is 17.1. The van der Waals surface area contributed by atoms with Gasteiger partial charge >= 0.3 is 0 Å². The normalized spacial score (nSPS) is 17.6. The fraction of sp³-hybridized carbons (Fsp3) is 0.450. The Bertz CT molecular complexity index is 972. The molecule has 1 aliphatic rings. The minimum Gasteiger partial charge on any atom is -0.394 e. The summed E-state index contributed by atoms with van der Waals surface area (Å²) in [6, 6.07) is 3.57. The van der Waals surface area contributed by atoms with Crippen LogP contribution in [0.4, 0.5) is 10.2 Å². The zero-order valence-electron chi connectivity index (χ0n) is 16.1. The van der Waals surface area contributed by atoms with Gasteiger partial charge in [0, 0.05) is 36.6 Å². The fourth-order valence-corrected chi connectivity index (χ4v) is 3.58. The van der Waals surface area contributed by atoms with Crippen molar-refractivity contribution in [2.75, 3.05) is 18.1 Å². The van der Waals surface area contributed by atoms with Crippen LogP contribution in [0.3, 0.4) is 0 Å². The molecule has 4 rings (SSSR count). The Morgan fingerprint density at radius 1 is 1.32 bits per heavy atom. The van der Waals surface area contributed by atoms with Gasteiger partial charge in [-0.1, -0.05) is 0 Å². The summed E-state index contributed by atoms with van der Waals surface area (Å²) in [5.74, 6) is 0.533. The van der Waals surface area contributed by atoms with Crippen LogP contribution in [0.25, 0.3) is 5.65 Å². The average Bonchev–Trinajstić information content (AvgIpc) is 3.33. The molecule has 0 bridgehead atoms. The van der Waals surface area contributed by atoms with E-state index in [2.05, 4.69) is 20.3 Å². The first kappa shape index (κ1) is 18.8. The summed E-state index contributed by atoms with van der Waals surface area (Å²) in [7, 11) is 0. The molecule has 1 saturated heterocycles. The van der Waals surface area contributed by atoms with Crippen LogP contribution in [-0.4, -0.2) is 43.4 Å². The first-order valence-electron chi connectivity index (χ1n) is 9.53. The van der Waals surface area contributed by atoms with Gasteiger partial charge in [-0.25, -0.2) is 13.9 Å². The molecule has 0 aliphatic carbocycles. The topological polar surface area (TPSA) is 78.6 Å². The summed E-state index contributed by atoms with van der Waals surface area (Å²) in [6.07, 6.45) is 8.62. The summed E-state index contributed by atoms with van der Waals surface area (Å²) >= 11 is 0. The Kier molecular flexibility index (Phi) is 4.99. The zero-order chi connectivity index (χ0) is 19.7. The van der Waals surface area contributed by atoms with Crippen LogP contribution in [0.15, 0.2) is 36.9 Å². The number of anilines is 1. The number of halogens is 1. The second-order valence-corrected chi connectivity index (χ2v) is 7.91. The van der Waals surface area contributed by atoms with Crippen molar-refractivity contribution in [3.05, 3.63) is 53.9 Å². The average molecular weight is 384 g/mol. The van der Waals surface area contributed by atoms with Crippen molar-refractivity contribution in [2.24, 2.45) is 0 Å². The number of nitrogens with zero attached hydrogens (tertiary/aromatic N) is 5. The van der Waals surface area contributed by atoms with E-state index in [0.29, 0.717) is 6.54 Å². The molecule has 148 valence electrons. The lowest BCUT2D eigenvalue weighted by molar-refractivity contribution is 0.187. The third-order valence-corrected chi connectivity index (χ3v) is 5.24. The van der Waals surface area contributed by atoms with Crippen molar-refractivity contribution < 1.29 is 9.50 Å². The molecule has 0 aromatic carbocycles. The molecule has 1 unspecified atom stereocenters. The van der Waals surface area contributed by atoms with Crippen molar-refractivity contribution in [2.45, 2.75) is 44.8 Å². The molecule has 4 heterocycles. The van der Waals surface area contributed by atoms with Crippen LogP contribution in [0.5, 0.6) is 0 Å². The Morgan fingerprint density at radius 2 is 2.18 bits per heavy atom. The predicted octanol–water partition coefficient (Wildman–Crippen LogP) is 2.47. The van der Waals surface area contributed by atoms with Crippen LogP contribution in [0, 0.1) is 5.82 Å². The van der Waals surface area contributed by atoms with Crippen molar-refractivity contribution in [1.82, 2.24) is 24.9 Å². The van der Waals surface area contributed by atoms with E-state index in [0.717, 1.165) is 42.0 Å². The highest BCUT2D eigenvalue weighted by atomic mass is 19.1. The second-order valence-electron chi connectivity index (χ2n) is 7.91. The van der Waals surface area contributed by atoms with Crippen molar-refractivity contribution in [3.63, 3.8) is 0 Å². The van der Waals surface area contributed by atoms with E-state index in [4.69, 9.17) is 4.98 Å². The molecule has 8 heteroatoms. The van der Waals surface area contributed by atoms with E-state index in [9.17, 15) is 9.50 Å². The molecule has 2 N–H and O–H groups in total. The maximum absolute atomic E-state index is 13.6. The Morgan fingerprint density at radius 3 is 2.96 bits per heavy atom. The molecule has 1 aliphatic heterocycles. The number of aliphatic hydroxyl groups is 1. The van der Waals surface area contributed by atoms with E-state index in [1.807, 2.05) is 26.1 Å². The largest absolute Gasteiger partial charge is 0.394 e. The van der Waals surface area contributed by atoms with Crippen molar-refractivity contribution in [1.29, 1.82) is 0 Å². The Balaban J connectivity index is 1.62. The third kappa shape index (κ3) is 3.70. The molecule has 28 heavy (non-hydrogen) atoms. The number of rotatable bonds is 6. The van der Waals surface area contributed by atoms with Crippen LogP contribution in [0.1, 0.15) is 43.9 Å². The van der Waals surface area contributed by atoms with Crippen molar-refractivity contribution in [3.8, 4) is 0 Å². The molecule has 0 radical (unpaired) electrons. The van der Waals surface area contributed by atoms with Crippen LogP contribution < -0.4 is 10.2 Å². The second kappa shape index (κ2) is 7.44. The van der Waals surface area contributed by atoms with Crippen LogP contribution >= 0.6 is 0 Å². The van der Waals surface area contributed by atoms with Gasteiger partial charge in [0.25, 0.3) is 0 Å². The number of aromatic nitrogens is 4. The van der Waals surface area contributed by atoms with Crippen LogP contribution in [0.2, 0.25) is 0 Å². The van der Waals surface area contributed by atoms with E-state index in [1.165, 1.54) is 6.20 Å². The smallest absolute Gasteiger partial charge is 0.161 e. The zero-order valence-corrected chi connectivity index (χ0v) is 16.1.